The van der Waals surface area contributed by atoms with E-state index >= 15 is 0 Å². The molecule has 1 fully saturated rings. The number of rotatable bonds is 7. The molecule has 32 heavy (non-hydrogen) atoms. The zero-order chi connectivity index (χ0) is 22.0. The van der Waals surface area contributed by atoms with Crippen LogP contribution in [-0.4, -0.2) is 27.4 Å². The summed E-state index contributed by atoms with van der Waals surface area (Å²) in [7, 11) is 0. The average Bonchev–Trinajstić information content (AvgIpc) is 3.54. The average molecular weight is 444 g/mol. The van der Waals surface area contributed by atoms with E-state index in [1.165, 1.54) is 22.5 Å². The number of carbonyl (C=O) groups excluding carboxylic acids is 2. The Labute approximate surface area is 189 Å². The number of oxazole rings is 1. The van der Waals surface area contributed by atoms with Crippen molar-refractivity contribution in [3.63, 3.8) is 0 Å². The van der Waals surface area contributed by atoms with Gasteiger partial charge in [0.2, 0.25) is 5.89 Å². The number of carbonyl (C=O) groups is 2. The highest BCUT2D eigenvalue weighted by atomic mass is 32.1. The van der Waals surface area contributed by atoms with Crippen molar-refractivity contribution in [3.05, 3.63) is 101 Å². The Morgan fingerprint density at radius 1 is 0.906 bits per heavy atom. The largest absolute Gasteiger partial charge is 0.443 e. The summed E-state index contributed by atoms with van der Waals surface area (Å²) in [5.74, 6) is 0.234. The second kappa shape index (κ2) is 8.43. The van der Waals surface area contributed by atoms with Gasteiger partial charge in [-0.3, -0.25) is 9.69 Å². The number of imide groups is 1. The molecule has 0 radical (unpaired) electrons. The quantitative estimate of drug-likeness (QED) is 0.421. The Kier molecular flexibility index (Phi) is 5.33. The summed E-state index contributed by atoms with van der Waals surface area (Å²) in [4.78, 5) is 33.2. The topological polar surface area (TPSA) is 75.4 Å². The van der Waals surface area contributed by atoms with Gasteiger partial charge in [-0.2, -0.15) is 0 Å². The molecule has 4 aromatic rings. The third-order valence-corrected chi connectivity index (χ3v) is 6.41. The van der Waals surface area contributed by atoms with Crippen molar-refractivity contribution < 1.29 is 14.0 Å². The van der Waals surface area contributed by atoms with E-state index < -0.39 is 11.6 Å². The fraction of sp³-hybridized carbons (Fsp3) is 0.160. The monoisotopic (exact) mass is 443 g/mol. The van der Waals surface area contributed by atoms with Gasteiger partial charge in [-0.15, -0.1) is 11.3 Å². The van der Waals surface area contributed by atoms with E-state index in [1.54, 1.807) is 0 Å². The van der Waals surface area contributed by atoms with E-state index in [9.17, 15) is 9.59 Å². The highest BCUT2D eigenvalue weighted by molar-refractivity contribution is 7.13. The third-order valence-electron chi connectivity index (χ3n) is 5.55. The van der Waals surface area contributed by atoms with Crippen LogP contribution in [0.5, 0.6) is 0 Å². The number of nitrogens with one attached hydrogen (secondary N) is 1. The summed E-state index contributed by atoms with van der Waals surface area (Å²) in [6.07, 6.45) is 2.32. The summed E-state index contributed by atoms with van der Waals surface area (Å²) >= 11 is 1.52. The van der Waals surface area contributed by atoms with Gasteiger partial charge in [0.15, 0.2) is 0 Å². The van der Waals surface area contributed by atoms with E-state index in [2.05, 4.69) is 10.3 Å². The molecule has 0 aliphatic carbocycles. The lowest BCUT2D eigenvalue weighted by atomic mass is 9.84. The number of thiophene rings is 1. The minimum Gasteiger partial charge on any atom is -0.443 e. The van der Waals surface area contributed by atoms with Crippen LogP contribution in [0.3, 0.4) is 0 Å². The first-order chi connectivity index (χ1) is 15.6. The Bertz CT molecular complexity index is 1180. The molecule has 7 heteroatoms. The molecule has 5 rings (SSSR count). The molecule has 1 aliphatic heterocycles. The third kappa shape index (κ3) is 3.94. The van der Waals surface area contributed by atoms with Gasteiger partial charge in [0, 0.05) is 12.8 Å². The molecule has 1 N–H and O–H groups in total. The maximum atomic E-state index is 13.7. The number of nitrogens with zero attached hydrogens (tertiary/aromatic N) is 2. The molecule has 0 spiro atoms. The minimum absolute atomic E-state index is 0.0604. The molecule has 3 amide bonds. The Balaban J connectivity index is 1.43. The van der Waals surface area contributed by atoms with Crippen LogP contribution < -0.4 is 5.32 Å². The zero-order valence-corrected chi connectivity index (χ0v) is 18.0. The van der Waals surface area contributed by atoms with Gasteiger partial charge in [0.1, 0.15) is 11.8 Å². The molecular weight excluding hydrogens is 422 g/mol. The number of benzene rings is 2. The van der Waals surface area contributed by atoms with Crippen molar-refractivity contribution in [2.75, 3.05) is 0 Å². The van der Waals surface area contributed by atoms with Crippen molar-refractivity contribution in [1.29, 1.82) is 0 Å². The van der Waals surface area contributed by atoms with Crippen molar-refractivity contribution >= 4 is 23.3 Å². The maximum absolute atomic E-state index is 13.7. The molecule has 6 nitrogen and oxygen atoms in total. The zero-order valence-electron chi connectivity index (χ0n) is 17.2. The van der Waals surface area contributed by atoms with Gasteiger partial charge in [-0.05, 0) is 22.6 Å². The van der Waals surface area contributed by atoms with Crippen LogP contribution in [-0.2, 0) is 24.2 Å². The smallest absolute Gasteiger partial charge is 0.325 e. The number of hydrogen-bond donors (Lipinski definition) is 1. The van der Waals surface area contributed by atoms with E-state index in [-0.39, 0.29) is 12.5 Å². The second-order valence-electron chi connectivity index (χ2n) is 7.85. The van der Waals surface area contributed by atoms with Crippen molar-refractivity contribution in [2.24, 2.45) is 0 Å². The molecule has 0 unspecified atom stereocenters. The normalized spacial score (nSPS) is 15.2. The van der Waals surface area contributed by atoms with Gasteiger partial charge in [-0.1, -0.05) is 66.7 Å². The van der Waals surface area contributed by atoms with E-state index in [0.717, 1.165) is 16.0 Å². The van der Waals surface area contributed by atoms with Crippen LogP contribution in [0.15, 0.2) is 88.9 Å². The summed E-state index contributed by atoms with van der Waals surface area (Å²) in [5.41, 5.74) is 1.45. The lowest BCUT2D eigenvalue weighted by molar-refractivity contribution is -0.131. The first-order valence-electron chi connectivity index (χ1n) is 10.3. The molecule has 2 aromatic heterocycles. The molecule has 0 bridgehead atoms. The van der Waals surface area contributed by atoms with Crippen LogP contribution in [0.2, 0.25) is 0 Å². The predicted molar refractivity (Wildman–Crippen MR) is 122 cm³/mol. The molecule has 160 valence electrons. The van der Waals surface area contributed by atoms with E-state index in [1.807, 2.05) is 78.2 Å². The van der Waals surface area contributed by atoms with Gasteiger partial charge in [-0.25, -0.2) is 9.78 Å². The van der Waals surface area contributed by atoms with Crippen LogP contribution in [0, 0.1) is 0 Å². The van der Waals surface area contributed by atoms with Crippen LogP contribution in [0.1, 0.15) is 16.8 Å². The van der Waals surface area contributed by atoms with E-state index in [4.69, 9.17) is 4.42 Å². The predicted octanol–water partition coefficient (Wildman–Crippen LogP) is 4.68. The van der Waals surface area contributed by atoms with Gasteiger partial charge < -0.3 is 9.73 Å². The fourth-order valence-electron chi connectivity index (χ4n) is 4.07. The lowest BCUT2D eigenvalue weighted by Gasteiger charge is -2.27. The molecule has 0 saturated carbocycles. The Morgan fingerprint density at radius 2 is 1.56 bits per heavy atom. The maximum Gasteiger partial charge on any atom is 0.325 e. The number of hydrogen-bond acceptors (Lipinski definition) is 5. The molecule has 3 heterocycles. The number of urea groups is 1. The molecule has 0 atom stereocenters. The van der Waals surface area contributed by atoms with Crippen LogP contribution >= 0.6 is 11.3 Å². The van der Waals surface area contributed by atoms with Crippen LogP contribution in [0.4, 0.5) is 4.79 Å². The van der Waals surface area contributed by atoms with Crippen molar-refractivity contribution in [1.82, 2.24) is 15.2 Å². The summed E-state index contributed by atoms with van der Waals surface area (Å²) < 4.78 is 5.56. The minimum atomic E-state index is -1.06. The second-order valence-corrected chi connectivity index (χ2v) is 8.80. The molecular formula is C25H21N3O3S. The number of aromatic nitrogens is 1. The Morgan fingerprint density at radius 3 is 2.16 bits per heavy atom. The van der Waals surface area contributed by atoms with Gasteiger partial charge >= 0.3 is 6.03 Å². The highest BCUT2D eigenvalue weighted by Crippen LogP contribution is 2.29. The van der Waals surface area contributed by atoms with E-state index in [0.29, 0.717) is 24.4 Å². The fourth-order valence-corrected chi connectivity index (χ4v) is 4.72. The summed E-state index contributed by atoms with van der Waals surface area (Å²) in [5, 5.41) is 4.94. The summed E-state index contributed by atoms with van der Waals surface area (Å²) in [6.45, 7) is 0.0604. The Hall–Kier alpha value is -3.71. The summed E-state index contributed by atoms with van der Waals surface area (Å²) in [6, 6.07) is 22.9. The molecule has 2 aromatic carbocycles. The first-order valence-corrected chi connectivity index (χ1v) is 11.2. The van der Waals surface area contributed by atoms with Crippen molar-refractivity contribution in [3.8, 4) is 10.8 Å². The number of amides is 3. The standard InChI is InChI=1S/C25H21N3O3S/c29-23-25(14-18-8-3-1-4-9-18,15-19-10-5-2-6-11-19)27-24(30)28(23)16-20-17-31-22(26-20)21-12-7-13-32-21/h1-13,17H,14-16H2,(H,27,30). The first kappa shape index (κ1) is 20.2. The highest BCUT2D eigenvalue weighted by Gasteiger charge is 2.51. The SMILES string of the molecule is O=C1NC(Cc2ccccc2)(Cc2ccccc2)C(=O)N1Cc1coc(-c2cccs2)n1. The van der Waals surface area contributed by atoms with Gasteiger partial charge in [0.25, 0.3) is 5.91 Å². The van der Waals surface area contributed by atoms with Crippen LogP contribution in [0.25, 0.3) is 10.8 Å². The van der Waals surface area contributed by atoms with Crippen molar-refractivity contribution in [2.45, 2.75) is 24.9 Å². The van der Waals surface area contributed by atoms with Gasteiger partial charge in [0.05, 0.1) is 17.1 Å². The molecule has 1 saturated heterocycles. The molecule has 1 aliphatic rings. The lowest BCUT2D eigenvalue weighted by Crippen LogP contribution is -2.51.